The average Bonchev–Trinajstić information content (AvgIpc) is 3.04. The normalized spacial score (nSPS) is 13.0. The number of hydrogen-bond donors (Lipinski definition) is 0. The first-order chi connectivity index (χ1) is 14.6. The molecule has 1 saturated heterocycles. The summed E-state index contributed by atoms with van der Waals surface area (Å²) < 4.78 is 64.9. The third-order valence-electron chi connectivity index (χ3n) is 3.51. The lowest BCUT2D eigenvalue weighted by molar-refractivity contribution is -0.198. The lowest BCUT2D eigenvalue weighted by Crippen LogP contribution is -2.32. The second-order valence-corrected chi connectivity index (χ2v) is 5.80. The van der Waals surface area contributed by atoms with E-state index < -0.39 is 52.8 Å². The number of amides is 2. The van der Waals surface area contributed by atoms with Crippen molar-refractivity contribution in [1.82, 2.24) is 5.06 Å². The Balaban J connectivity index is 0.000000316. The van der Waals surface area contributed by atoms with Gasteiger partial charge in [-0.25, -0.2) is 13.6 Å². The van der Waals surface area contributed by atoms with Crippen LogP contribution in [0.5, 0.6) is 5.75 Å². The first-order valence-electron chi connectivity index (χ1n) is 8.70. The average molecular weight is 453 g/mol. The molecule has 0 bridgehead atoms. The summed E-state index contributed by atoms with van der Waals surface area (Å²) in [5, 5.41) is 0.526. The Morgan fingerprint density at radius 3 is 1.77 bits per heavy atom. The fourth-order valence-electron chi connectivity index (χ4n) is 1.98. The number of esters is 1. The van der Waals surface area contributed by atoms with E-state index in [0.29, 0.717) is 5.06 Å². The number of methoxy groups -OCH3 is 2. The molecule has 0 aromatic heterocycles. The second kappa shape index (κ2) is 12.6. The van der Waals surface area contributed by atoms with Crippen molar-refractivity contribution in [2.45, 2.75) is 25.7 Å². The molecule has 0 spiro atoms. The van der Waals surface area contributed by atoms with E-state index in [1.54, 1.807) is 0 Å². The molecule has 13 heteroatoms. The molecule has 31 heavy (non-hydrogen) atoms. The quantitative estimate of drug-likeness (QED) is 0.193. The summed E-state index contributed by atoms with van der Waals surface area (Å²) in [7, 11) is 2.75. The molecule has 0 N–H and O–H groups in total. The standard InChI is InChI=1S/C10H8F4O3.C8H11NO5/c1-16-3-2-7(15)17-10-8(13)5(11)4-6(12)9(10)14;1-13-5-4-8(12)14-9-6(10)2-3-7(9)11/h4H,2-3H2,1H3;2-5H2,1H3. The van der Waals surface area contributed by atoms with Gasteiger partial charge in [0, 0.05) is 33.1 Å². The molecule has 0 unspecified atom stereocenters. The number of hydroxylamine groups is 2. The molecule has 1 fully saturated rings. The van der Waals surface area contributed by atoms with Gasteiger partial charge in [0.05, 0.1) is 26.1 Å². The van der Waals surface area contributed by atoms with E-state index in [0.717, 1.165) is 0 Å². The van der Waals surface area contributed by atoms with E-state index >= 15 is 0 Å². The highest BCUT2D eigenvalue weighted by Gasteiger charge is 2.32. The summed E-state index contributed by atoms with van der Waals surface area (Å²) in [4.78, 5) is 48.6. The minimum atomic E-state index is -1.75. The SMILES string of the molecule is COCCC(=O)ON1C(=O)CCC1=O.COCCC(=O)Oc1c(F)c(F)cc(F)c1F. The van der Waals surface area contributed by atoms with Crippen LogP contribution in [-0.2, 0) is 33.5 Å². The number of benzene rings is 1. The lowest BCUT2D eigenvalue weighted by atomic mass is 10.3. The van der Waals surface area contributed by atoms with Gasteiger partial charge in [0.25, 0.3) is 11.8 Å². The van der Waals surface area contributed by atoms with E-state index in [2.05, 4.69) is 19.0 Å². The van der Waals surface area contributed by atoms with Crippen LogP contribution in [0, 0.1) is 23.3 Å². The van der Waals surface area contributed by atoms with Crippen molar-refractivity contribution in [3.05, 3.63) is 29.3 Å². The van der Waals surface area contributed by atoms with E-state index in [4.69, 9.17) is 0 Å². The summed E-state index contributed by atoms with van der Waals surface area (Å²) in [5.41, 5.74) is 0. The number of hydrogen-bond acceptors (Lipinski definition) is 8. The predicted molar refractivity (Wildman–Crippen MR) is 92.1 cm³/mol. The van der Waals surface area contributed by atoms with Crippen LogP contribution in [0.3, 0.4) is 0 Å². The molecule has 1 heterocycles. The van der Waals surface area contributed by atoms with Crippen LogP contribution in [0.15, 0.2) is 6.07 Å². The van der Waals surface area contributed by atoms with Crippen LogP contribution in [0.25, 0.3) is 0 Å². The van der Waals surface area contributed by atoms with Gasteiger partial charge in [-0.15, -0.1) is 5.06 Å². The second-order valence-electron chi connectivity index (χ2n) is 5.80. The molecular weight excluding hydrogens is 434 g/mol. The van der Waals surface area contributed by atoms with Gasteiger partial charge in [0.1, 0.15) is 0 Å². The van der Waals surface area contributed by atoms with E-state index in [1.165, 1.54) is 14.2 Å². The van der Waals surface area contributed by atoms with Crippen molar-refractivity contribution in [2.24, 2.45) is 0 Å². The van der Waals surface area contributed by atoms with E-state index in [1.807, 2.05) is 0 Å². The number of carbonyl (C=O) groups is 4. The highest BCUT2D eigenvalue weighted by atomic mass is 19.2. The maximum absolute atomic E-state index is 13.0. The topological polar surface area (TPSA) is 108 Å². The smallest absolute Gasteiger partial charge is 0.335 e. The van der Waals surface area contributed by atoms with Crippen LogP contribution in [0.1, 0.15) is 25.7 Å². The third kappa shape index (κ3) is 7.94. The number of ether oxygens (including phenoxy) is 3. The Hall–Kier alpha value is -3.06. The largest absolute Gasteiger partial charge is 0.420 e. The zero-order valence-corrected chi connectivity index (χ0v) is 16.5. The number of carbonyl (C=O) groups excluding carboxylic acids is 4. The van der Waals surface area contributed by atoms with Crippen LogP contribution < -0.4 is 4.74 Å². The first kappa shape index (κ1) is 26.0. The van der Waals surface area contributed by atoms with Crippen molar-refractivity contribution in [3.63, 3.8) is 0 Å². The summed E-state index contributed by atoms with van der Waals surface area (Å²) >= 11 is 0. The van der Waals surface area contributed by atoms with Gasteiger partial charge < -0.3 is 19.0 Å². The van der Waals surface area contributed by atoms with Crippen LogP contribution >= 0.6 is 0 Å². The van der Waals surface area contributed by atoms with Gasteiger partial charge in [-0.2, -0.15) is 8.78 Å². The molecule has 2 amide bonds. The van der Waals surface area contributed by atoms with Crippen molar-refractivity contribution >= 4 is 23.8 Å². The van der Waals surface area contributed by atoms with Crippen LogP contribution in [0.4, 0.5) is 17.6 Å². The minimum absolute atomic E-state index is 0.0214. The summed E-state index contributed by atoms with van der Waals surface area (Å²) in [6, 6.07) is 0.0250. The number of rotatable bonds is 8. The molecule has 0 aliphatic carbocycles. The maximum atomic E-state index is 13.0. The van der Waals surface area contributed by atoms with E-state index in [-0.39, 0.29) is 45.0 Å². The molecule has 0 radical (unpaired) electrons. The Labute approximate surface area is 173 Å². The van der Waals surface area contributed by atoms with Gasteiger partial charge in [-0.1, -0.05) is 0 Å². The predicted octanol–water partition coefficient (Wildman–Crippen LogP) is 1.81. The third-order valence-corrected chi connectivity index (χ3v) is 3.51. The fraction of sp³-hybridized carbons (Fsp3) is 0.444. The number of nitrogens with zero attached hydrogens (tertiary/aromatic N) is 1. The molecule has 1 aromatic carbocycles. The number of imide groups is 1. The zero-order valence-electron chi connectivity index (χ0n) is 16.5. The summed E-state index contributed by atoms with van der Waals surface area (Å²) in [6.07, 6.45) is -0.0617. The molecule has 2 rings (SSSR count). The van der Waals surface area contributed by atoms with Crippen molar-refractivity contribution in [2.75, 3.05) is 27.4 Å². The highest BCUT2D eigenvalue weighted by Crippen LogP contribution is 2.26. The molecule has 1 aromatic rings. The molecule has 0 saturated carbocycles. The monoisotopic (exact) mass is 453 g/mol. The Morgan fingerprint density at radius 2 is 1.32 bits per heavy atom. The maximum Gasteiger partial charge on any atom is 0.335 e. The Morgan fingerprint density at radius 1 is 0.871 bits per heavy atom. The summed E-state index contributed by atoms with van der Waals surface area (Å²) in [6.45, 7) is 0.162. The molecule has 172 valence electrons. The van der Waals surface area contributed by atoms with Crippen molar-refractivity contribution in [1.29, 1.82) is 0 Å². The highest BCUT2D eigenvalue weighted by molar-refractivity contribution is 6.01. The molecule has 1 aliphatic heterocycles. The summed E-state index contributed by atoms with van der Waals surface area (Å²) in [5.74, 6) is -10.8. The first-order valence-corrected chi connectivity index (χ1v) is 8.70. The fourth-order valence-corrected chi connectivity index (χ4v) is 1.98. The minimum Gasteiger partial charge on any atom is -0.420 e. The Kier molecular flexibility index (Phi) is 10.6. The van der Waals surface area contributed by atoms with Crippen molar-refractivity contribution in [3.8, 4) is 5.75 Å². The van der Waals surface area contributed by atoms with Crippen LogP contribution in [0.2, 0.25) is 0 Å². The Bertz CT molecular complexity index is 791. The number of halogens is 4. The molecule has 1 aliphatic rings. The lowest BCUT2D eigenvalue weighted by Gasteiger charge is -2.11. The van der Waals surface area contributed by atoms with Gasteiger partial charge in [-0.3, -0.25) is 14.4 Å². The molecule has 0 atom stereocenters. The molecular formula is C18H19F4NO8. The van der Waals surface area contributed by atoms with Crippen LogP contribution in [-0.4, -0.2) is 56.2 Å². The van der Waals surface area contributed by atoms with E-state index in [9.17, 15) is 36.7 Å². The van der Waals surface area contributed by atoms with Gasteiger partial charge in [0.15, 0.2) is 11.6 Å². The van der Waals surface area contributed by atoms with Crippen molar-refractivity contribution < 1.29 is 55.8 Å². The van der Waals surface area contributed by atoms with Gasteiger partial charge in [-0.05, 0) is 0 Å². The molecule has 9 nitrogen and oxygen atoms in total. The van der Waals surface area contributed by atoms with Gasteiger partial charge >= 0.3 is 11.9 Å². The van der Waals surface area contributed by atoms with Gasteiger partial charge in [0.2, 0.25) is 17.4 Å². The zero-order chi connectivity index (χ0) is 23.6.